The first kappa shape index (κ1) is 22.4. The van der Waals surface area contributed by atoms with Crippen LogP contribution in [0.15, 0.2) is 48.5 Å². The van der Waals surface area contributed by atoms with Crippen LogP contribution in [-0.2, 0) is 14.3 Å². The monoisotopic (exact) mass is 462 g/mol. The van der Waals surface area contributed by atoms with E-state index in [0.717, 1.165) is 35.1 Å². The van der Waals surface area contributed by atoms with E-state index in [1.807, 2.05) is 31.2 Å². The molecule has 2 aromatic rings. The van der Waals surface area contributed by atoms with E-state index in [1.165, 1.54) is 4.90 Å². The number of alkyl carbamates (subject to hydrolysis) is 1. The van der Waals surface area contributed by atoms with Crippen LogP contribution in [0, 0.1) is 5.92 Å². The van der Waals surface area contributed by atoms with Crippen molar-refractivity contribution in [3.05, 3.63) is 59.7 Å². The van der Waals surface area contributed by atoms with Crippen LogP contribution >= 0.6 is 0 Å². The molecule has 5 rings (SSSR count). The predicted molar refractivity (Wildman–Crippen MR) is 126 cm³/mol. The van der Waals surface area contributed by atoms with Gasteiger partial charge in [-0.05, 0) is 60.8 Å². The van der Waals surface area contributed by atoms with Crippen molar-refractivity contribution < 1.29 is 24.2 Å². The minimum absolute atomic E-state index is 0.00161. The lowest BCUT2D eigenvalue weighted by atomic mass is 9.93. The van der Waals surface area contributed by atoms with Gasteiger partial charge in [-0.2, -0.15) is 0 Å². The third kappa shape index (κ3) is 3.37. The third-order valence-electron chi connectivity index (χ3n) is 8.01. The molecule has 7 nitrogen and oxygen atoms in total. The Morgan fingerprint density at radius 3 is 2.32 bits per heavy atom. The molecule has 1 aliphatic heterocycles. The highest BCUT2D eigenvalue weighted by atomic mass is 16.5. The third-order valence-corrected chi connectivity index (χ3v) is 8.01. The number of fused-ring (bicyclic) bond motifs is 4. The molecule has 0 bridgehead atoms. The first-order valence-electron chi connectivity index (χ1n) is 12.0. The van der Waals surface area contributed by atoms with Crippen molar-refractivity contribution in [2.45, 2.75) is 56.5 Å². The Hall–Kier alpha value is -3.35. The number of nitrogens with zero attached hydrogens (tertiary/aromatic N) is 1. The average Bonchev–Trinajstić information content (AvgIpc) is 3.53. The minimum Gasteiger partial charge on any atom is -0.479 e. The van der Waals surface area contributed by atoms with Gasteiger partial charge in [0.2, 0.25) is 5.91 Å². The highest BCUT2D eigenvalue weighted by Crippen LogP contribution is 2.55. The molecular weight excluding hydrogens is 432 g/mol. The Morgan fingerprint density at radius 2 is 1.74 bits per heavy atom. The number of rotatable bonds is 6. The summed E-state index contributed by atoms with van der Waals surface area (Å²) in [6.07, 6.45) is 1.73. The van der Waals surface area contributed by atoms with Gasteiger partial charge in [-0.1, -0.05) is 55.5 Å². The summed E-state index contributed by atoms with van der Waals surface area (Å²) in [4.78, 5) is 39.9. The van der Waals surface area contributed by atoms with Crippen LogP contribution in [-0.4, -0.2) is 52.2 Å². The van der Waals surface area contributed by atoms with E-state index in [2.05, 4.69) is 29.6 Å². The number of likely N-dealkylation sites (tertiary alicyclic amines) is 1. The van der Waals surface area contributed by atoms with Gasteiger partial charge in [0, 0.05) is 12.5 Å². The second-order valence-electron chi connectivity index (χ2n) is 9.87. The SMILES string of the molecule is CCC(C)(NC(=O)OCC1c2ccccc2-c2ccccc21)C(=O)N1CCC[C@H]2C[C@]21C(=O)O. The lowest BCUT2D eigenvalue weighted by Crippen LogP contribution is -2.63. The normalized spacial score (nSPS) is 24.3. The van der Waals surface area contributed by atoms with E-state index in [0.29, 0.717) is 19.4 Å². The van der Waals surface area contributed by atoms with Crippen molar-refractivity contribution in [3.63, 3.8) is 0 Å². The highest BCUT2D eigenvalue weighted by Gasteiger charge is 2.67. The lowest BCUT2D eigenvalue weighted by Gasteiger charge is -2.40. The zero-order valence-corrected chi connectivity index (χ0v) is 19.5. The van der Waals surface area contributed by atoms with Gasteiger partial charge in [-0.15, -0.1) is 0 Å². The first-order valence-corrected chi connectivity index (χ1v) is 12.0. The van der Waals surface area contributed by atoms with Crippen molar-refractivity contribution in [3.8, 4) is 11.1 Å². The Labute approximate surface area is 199 Å². The zero-order chi connectivity index (χ0) is 24.1. The van der Waals surface area contributed by atoms with Gasteiger partial charge < -0.3 is 20.1 Å². The molecular formula is C27H30N2O5. The van der Waals surface area contributed by atoms with Gasteiger partial charge >= 0.3 is 12.1 Å². The van der Waals surface area contributed by atoms with Gasteiger partial charge in [0.1, 0.15) is 17.7 Å². The maximum Gasteiger partial charge on any atom is 0.408 e. The van der Waals surface area contributed by atoms with Gasteiger partial charge in [0.25, 0.3) is 0 Å². The van der Waals surface area contributed by atoms with E-state index in [-0.39, 0.29) is 24.3 Å². The van der Waals surface area contributed by atoms with Crippen molar-refractivity contribution in [1.82, 2.24) is 10.2 Å². The van der Waals surface area contributed by atoms with E-state index in [4.69, 9.17) is 4.74 Å². The molecule has 2 aliphatic carbocycles. The van der Waals surface area contributed by atoms with E-state index in [9.17, 15) is 19.5 Å². The second kappa shape index (κ2) is 8.15. The number of benzene rings is 2. The molecule has 0 spiro atoms. The highest BCUT2D eigenvalue weighted by molar-refractivity contribution is 5.96. The number of hydrogen-bond acceptors (Lipinski definition) is 4. The topological polar surface area (TPSA) is 95.9 Å². The smallest absolute Gasteiger partial charge is 0.408 e. The fourth-order valence-corrected chi connectivity index (χ4v) is 5.79. The molecule has 2 fully saturated rings. The molecule has 1 saturated carbocycles. The summed E-state index contributed by atoms with van der Waals surface area (Å²) in [6.45, 7) is 4.00. The van der Waals surface area contributed by atoms with Crippen LogP contribution in [0.2, 0.25) is 0 Å². The Balaban J connectivity index is 1.29. The van der Waals surface area contributed by atoms with Crippen LogP contribution in [0.3, 0.4) is 0 Å². The van der Waals surface area contributed by atoms with Gasteiger partial charge in [0.05, 0.1) is 0 Å². The average molecular weight is 463 g/mol. The van der Waals surface area contributed by atoms with Crippen molar-refractivity contribution in [2.24, 2.45) is 5.92 Å². The van der Waals surface area contributed by atoms with Crippen LogP contribution in [0.25, 0.3) is 11.1 Å². The molecule has 0 radical (unpaired) electrons. The summed E-state index contributed by atoms with van der Waals surface area (Å²) in [5.74, 6) is -1.39. The molecule has 0 aromatic heterocycles. The maximum absolute atomic E-state index is 13.5. The van der Waals surface area contributed by atoms with Gasteiger partial charge in [-0.25, -0.2) is 9.59 Å². The summed E-state index contributed by atoms with van der Waals surface area (Å²) < 4.78 is 5.65. The molecule has 3 atom stereocenters. The summed E-state index contributed by atoms with van der Waals surface area (Å²) in [5.41, 5.74) is 2.15. The molecule has 1 unspecified atom stereocenters. The fourth-order valence-electron chi connectivity index (χ4n) is 5.79. The summed E-state index contributed by atoms with van der Waals surface area (Å²) in [5, 5.41) is 12.6. The molecule has 2 aromatic carbocycles. The predicted octanol–water partition coefficient (Wildman–Crippen LogP) is 4.16. The van der Waals surface area contributed by atoms with E-state index < -0.39 is 23.1 Å². The minimum atomic E-state index is -1.24. The number of aliphatic carboxylic acids is 1. The number of hydrogen-bond donors (Lipinski definition) is 2. The van der Waals surface area contributed by atoms with Gasteiger partial charge in [-0.3, -0.25) is 4.79 Å². The molecule has 1 heterocycles. The number of ether oxygens (including phenoxy) is 1. The number of carbonyl (C=O) groups is 3. The first-order chi connectivity index (χ1) is 16.3. The Morgan fingerprint density at radius 1 is 1.12 bits per heavy atom. The molecule has 2 N–H and O–H groups in total. The molecule has 1 saturated heterocycles. The largest absolute Gasteiger partial charge is 0.479 e. The molecule has 178 valence electrons. The standard InChI is InChI=1S/C27H30N2O5/c1-3-26(2,23(30)29-14-8-9-17-15-27(17,29)24(31)32)28-25(33)34-16-22-20-12-6-4-10-18(20)19-11-5-7-13-21(19)22/h4-7,10-13,17,22H,3,8-9,14-16H2,1-2H3,(H,28,33)(H,31,32)/t17-,26?,27+/m0/s1. The number of nitrogens with one attached hydrogen (secondary N) is 1. The van der Waals surface area contributed by atoms with Crippen molar-refractivity contribution in [1.29, 1.82) is 0 Å². The number of amides is 2. The summed E-state index contributed by atoms with van der Waals surface area (Å²) in [6, 6.07) is 16.2. The molecule has 34 heavy (non-hydrogen) atoms. The number of carbonyl (C=O) groups excluding carboxylic acids is 2. The number of carboxylic acids is 1. The van der Waals surface area contributed by atoms with Crippen molar-refractivity contribution in [2.75, 3.05) is 13.2 Å². The Bertz CT molecular complexity index is 1120. The maximum atomic E-state index is 13.5. The fraction of sp³-hybridized carbons (Fsp3) is 0.444. The molecule has 3 aliphatic rings. The van der Waals surface area contributed by atoms with Gasteiger partial charge in [0.15, 0.2) is 0 Å². The number of piperidine rings is 1. The van der Waals surface area contributed by atoms with Crippen LogP contribution < -0.4 is 5.32 Å². The second-order valence-corrected chi connectivity index (χ2v) is 9.87. The van der Waals surface area contributed by atoms with E-state index in [1.54, 1.807) is 6.92 Å². The lowest BCUT2D eigenvalue weighted by molar-refractivity contribution is -0.157. The van der Waals surface area contributed by atoms with Crippen molar-refractivity contribution >= 4 is 18.0 Å². The summed E-state index contributed by atoms with van der Waals surface area (Å²) in [7, 11) is 0. The van der Waals surface area contributed by atoms with Crippen LogP contribution in [0.4, 0.5) is 4.79 Å². The Kier molecular flexibility index (Phi) is 5.38. The molecule has 7 heteroatoms. The molecule has 2 amide bonds. The quantitative estimate of drug-likeness (QED) is 0.672. The summed E-state index contributed by atoms with van der Waals surface area (Å²) >= 11 is 0. The zero-order valence-electron chi connectivity index (χ0n) is 19.5. The number of carboxylic acid groups (broad SMARTS) is 1. The van der Waals surface area contributed by atoms with Crippen LogP contribution in [0.1, 0.15) is 56.6 Å². The van der Waals surface area contributed by atoms with E-state index >= 15 is 0 Å². The van der Waals surface area contributed by atoms with Crippen LogP contribution in [0.5, 0.6) is 0 Å².